The topological polar surface area (TPSA) is 38.3 Å². The van der Waals surface area contributed by atoms with Crippen molar-refractivity contribution in [3.8, 4) is 5.75 Å². The van der Waals surface area contributed by atoms with Crippen LogP contribution in [0.25, 0.3) is 0 Å². The summed E-state index contributed by atoms with van der Waals surface area (Å²) in [6, 6.07) is 13.1. The van der Waals surface area contributed by atoms with Gasteiger partial charge in [0, 0.05) is 11.0 Å². The number of rotatable bonds is 6. The van der Waals surface area contributed by atoms with Crippen LogP contribution in [0.1, 0.15) is 22.3 Å². The Kier molecular flexibility index (Phi) is 6.28. The minimum atomic E-state index is -0.161. The summed E-state index contributed by atoms with van der Waals surface area (Å²) in [6.07, 6.45) is 1.67. The molecule has 5 heteroatoms. The first kappa shape index (κ1) is 16.8. The minimum Gasteiger partial charge on any atom is -0.496 e. The van der Waals surface area contributed by atoms with Gasteiger partial charge in [0.05, 0.1) is 17.7 Å². The molecule has 1 amide bonds. The van der Waals surface area contributed by atoms with Crippen molar-refractivity contribution in [2.45, 2.75) is 12.8 Å². The maximum atomic E-state index is 12.1. The lowest BCUT2D eigenvalue weighted by atomic mass is 10.1. The summed E-state index contributed by atoms with van der Waals surface area (Å²) in [5, 5.41) is 3.34. The van der Waals surface area contributed by atoms with E-state index in [2.05, 4.69) is 21.2 Å². The Labute approximate surface area is 143 Å². The highest BCUT2D eigenvalue weighted by Gasteiger charge is 2.10. The van der Waals surface area contributed by atoms with E-state index in [9.17, 15) is 4.79 Å². The Morgan fingerprint density at radius 2 is 2.05 bits per heavy atom. The molecule has 0 radical (unpaired) electrons. The highest BCUT2D eigenvalue weighted by atomic mass is 79.9. The van der Waals surface area contributed by atoms with Crippen LogP contribution in [-0.4, -0.2) is 19.6 Å². The van der Waals surface area contributed by atoms with E-state index in [4.69, 9.17) is 16.3 Å². The predicted molar refractivity (Wildman–Crippen MR) is 92.8 cm³/mol. The molecule has 0 aromatic heterocycles. The molecule has 2 aromatic carbocycles. The molecule has 0 heterocycles. The molecule has 0 aliphatic rings. The van der Waals surface area contributed by atoms with E-state index in [0.717, 1.165) is 28.6 Å². The molecule has 1 N–H and O–H groups in total. The molecule has 0 saturated heterocycles. The van der Waals surface area contributed by atoms with Crippen molar-refractivity contribution in [1.82, 2.24) is 5.32 Å². The Hall–Kier alpha value is -1.52. The largest absolute Gasteiger partial charge is 0.496 e. The molecule has 0 saturated carbocycles. The Morgan fingerprint density at radius 3 is 2.82 bits per heavy atom. The van der Waals surface area contributed by atoms with Gasteiger partial charge >= 0.3 is 0 Å². The van der Waals surface area contributed by atoms with Crippen LogP contribution in [0.15, 0.2) is 46.9 Å². The summed E-state index contributed by atoms with van der Waals surface area (Å²) >= 11 is 9.38. The normalized spacial score (nSPS) is 10.3. The number of carbonyl (C=O) groups excluding carboxylic acids is 1. The van der Waals surface area contributed by atoms with Gasteiger partial charge in [-0.1, -0.05) is 45.7 Å². The van der Waals surface area contributed by atoms with Gasteiger partial charge in [-0.25, -0.2) is 0 Å². The fourth-order valence-electron chi connectivity index (χ4n) is 2.16. The maximum Gasteiger partial charge on any atom is 0.252 e. The lowest BCUT2D eigenvalue weighted by Crippen LogP contribution is -2.25. The molecule has 0 unspecified atom stereocenters. The van der Waals surface area contributed by atoms with Gasteiger partial charge in [-0.15, -0.1) is 0 Å². The standard InChI is InChI=1S/C17H17BrClNO2/c1-22-16-7-3-2-5-12(16)6-4-10-20-17(21)14-11-13(18)8-9-15(14)19/h2-3,5,7-9,11H,4,6,10H2,1H3,(H,20,21). The van der Waals surface area contributed by atoms with Crippen LogP contribution in [0, 0.1) is 0 Å². The quantitative estimate of drug-likeness (QED) is 0.748. The fourth-order valence-corrected chi connectivity index (χ4v) is 2.72. The average molecular weight is 383 g/mol. The van der Waals surface area contributed by atoms with Crippen molar-refractivity contribution >= 4 is 33.4 Å². The van der Waals surface area contributed by atoms with Crippen molar-refractivity contribution in [2.24, 2.45) is 0 Å². The minimum absolute atomic E-state index is 0.161. The molecule has 0 atom stereocenters. The molecule has 0 aliphatic heterocycles. The van der Waals surface area contributed by atoms with E-state index in [1.165, 1.54) is 0 Å². The third-order valence-electron chi connectivity index (χ3n) is 3.27. The summed E-state index contributed by atoms with van der Waals surface area (Å²) in [4.78, 5) is 12.1. The van der Waals surface area contributed by atoms with Gasteiger partial charge < -0.3 is 10.1 Å². The summed E-state index contributed by atoms with van der Waals surface area (Å²) < 4.78 is 6.14. The van der Waals surface area contributed by atoms with Crippen LogP contribution in [0.5, 0.6) is 5.75 Å². The first-order valence-electron chi connectivity index (χ1n) is 6.97. The van der Waals surface area contributed by atoms with Gasteiger partial charge in [-0.2, -0.15) is 0 Å². The zero-order valence-corrected chi connectivity index (χ0v) is 14.6. The summed E-state index contributed by atoms with van der Waals surface area (Å²) in [6.45, 7) is 0.583. The molecule has 2 rings (SSSR count). The van der Waals surface area contributed by atoms with E-state index in [1.54, 1.807) is 25.3 Å². The number of amides is 1. The van der Waals surface area contributed by atoms with E-state index in [1.807, 2.05) is 24.3 Å². The van der Waals surface area contributed by atoms with E-state index < -0.39 is 0 Å². The molecule has 0 aliphatic carbocycles. The van der Waals surface area contributed by atoms with Crippen LogP contribution in [0.3, 0.4) is 0 Å². The van der Waals surface area contributed by atoms with Gasteiger partial charge in [-0.05, 0) is 42.7 Å². The number of benzene rings is 2. The van der Waals surface area contributed by atoms with Crippen LogP contribution in [0.4, 0.5) is 0 Å². The van der Waals surface area contributed by atoms with Crippen molar-refractivity contribution in [1.29, 1.82) is 0 Å². The summed E-state index contributed by atoms with van der Waals surface area (Å²) in [5.74, 6) is 0.718. The third kappa shape index (κ3) is 4.49. The lowest BCUT2D eigenvalue weighted by Gasteiger charge is -2.09. The number of para-hydroxylation sites is 1. The van der Waals surface area contributed by atoms with Gasteiger partial charge in [-0.3, -0.25) is 4.79 Å². The number of carbonyl (C=O) groups is 1. The monoisotopic (exact) mass is 381 g/mol. The average Bonchev–Trinajstić information content (AvgIpc) is 2.54. The molecular formula is C17H17BrClNO2. The first-order chi connectivity index (χ1) is 10.6. The van der Waals surface area contributed by atoms with E-state index >= 15 is 0 Å². The molecule has 0 fully saturated rings. The van der Waals surface area contributed by atoms with Crippen molar-refractivity contribution in [2.75, 3.05) is 13.7 Å². The molecule has 0 bridgehead atoms. The number of nitrogens with one attached hydrogen (secondary N) is 1. The number of ether oxygens (including phenoxy) is 1. The maximum absolute atomic E-state index is 12.1. The number of aryl methyl sites for hydroxylation is 1. The second kappa shape index (κ2) is 8.20. The number of hydrogen-bond donors (Lipinski definition) is 1. The van der Waals surface area contributed by atoms with E-state index in [-0.39, 0.29) is 5.91 Å². The van der Waals surface area contributed by atoms with Gasteiger partial charge in [0.2, 0.25) is 0 Å². The van der Waals surface area contributed by atoms with Crippen LogP contribution < -0.4 is 10.1 Å². The number of hydrogen-bond acceptors (Lipinski definition) is 2. The molecular weight excluding hydrogens is 366 g/mol. The molecule has 22 heavy (non-hydrogen) atoms. The first-order valence-corrected chi connectivity index (χ1v) is 8.14. The van der Waals surface area contributed by atoms with Gasteiger partial charge in [0.25, 0.3) is 5.91 Å². The highest BCUT2D eigenvalue weighted by Crippen LogP contribution is 2.21. The number of methoxy groups -OCH3 is 1. The summed E-state index contributed by atoms with van der Waals surface area (Å²) in [7, 11) is 1.66. The Bertz CT molecular complexity index is 661. The zero-order valence-electron chi connectivity index (χ0n) is 12.2. The van der Waals surface area contributed by atoms with Crippen LogP contribution >= 0.6 is 27.5 Å². The Morgan fingerprint density at radius 1 is 1.27 bits per heavy atom. The van der Waals surface area contributed by atoms with Gasteiger partial charge in [0.15, 0.2) is 0 Å². The Balaban J connectivity index is 1.86. The number of halogens is 2. The highest BCUT2D eigenvalue weighted by molar-refractivity contribution is 9.10. The second-order valence-corrected chi connectivity index (χ2v) is 6.12. The molecule has 0 spiro atoms. The van der Waals surface area contributed by atoms with Crippen molar-refractivity contribution in [3.05, 3.63) is 63.1 Å². The zero-order chi connectivity index (χ0) is 15.9. The van der Waals surface area contributed by atoms with Crippen molar-refractivity contribution in [3.63, 3.8) is 0 Å². The van der Waals surface area contributed by atoms with Crippen LogP contribution in [0.2, 0.25) is 5.02 Å². The summed E-state index contributed by atoms with van der Waals surface area (Å²) in [5.41, 5.74) is 1.62. The third-order valence-corrected chi connectivity index (χ3v) is 4.10. The fraction of sp³-hybridized carbons (Fsp3) is 0.235. The molecule has 2 aromatic rings. The van der Waals surface area contributed by atoms with Gasteiger partial charge in [0.1, 0.15) is 5.75 Å². The smallest absolute Gasteiger partial charge is 0.252 e. The molecule has 116 valence electrons. The van der Waals surface area contributed by atoms with Crippen LogP contribution in [-0.2, 0) is 6.42 Å². The van der Waals surface area contributed by atoms with E-state index in [0.29, 0.717) is 17.1 Å². The lowest BCUT2D eigenvalue weighted by molar-refractivity contribution is 0.0953. The molecule has 3 nitrogen and oxygen atoms in total. The van der Waals surface area contributed by atoms with Crippen molar-refractivity contribution < 1.29 is 9.53 Å². The second-order valence-electron chi connectivity index (χ2n) is 4.80. The SMILES string of the molecule is COc1ccccc1CCCNC(=O)c1cc(Br)ccc1Cl. The predicted octanol–water partition coefficient (Wildman–Crippen LogP) is 4.47.